The van der Waals surface area contributed by atoms with E-state index in [1.807, 2.05) is 55.5 Å². The molecule has 4 rings (SSSR count). The molecule has 33 heavy (non-hydrogen) atoms. The fraction of sp³-hybridized carbons (Fsp3) is 0.286. The van der Waals surface area contributed by atoms with E-state index in [1.165, 1.54) is 10.5 Å². The number of carbonyl (C=O) groups is 2. The van der Waals surface area contributed by atoms with Gasteiger partial charge in [-0.2, -0.15) is 0 Å². The predicted molar refractivity (Wildman–Crippen MR) is 128 cm³/mol. The highest BCUT2D eigenvalue weighted by molar-refractivity contribution is 5.96. The van der Waals surface area contributed by atoms with Crippen molar-refractivity contribution in [2.75, 3.05) is 13.1 Å². The van der Waals surface area contributed by atoms with Gasteiger partial charge in [0.05, 0.1) is 0 Å². The summed E-state index contributed by atoms with van der Waals surface area (Å²) < 4.78 is 6.26. The predicted octanol–water partition coefficient (Wildman–Crippen LogP) is 4.70. The smallest absolute Gasteiger partial charge is 0.323 e. The first-order chi connectivity index (χ1) is 15.8. The molecule has 5 heteroatoms. The summed E-state index contributed by atoms with van der Waals surface area (Å²) >= 11 is 0. The normalized spacial score (nSPS) is 16.7. The van der Waals surface area contributed by atoms with Crippen LogP contribution in [0.25, 0.3) is 0 Å². The van der Waals surface area contributed by atoms with Crippen LogP contribution in [-0.2, 0) is 24.1 Å². The fourth-order valence-electron chi connectivity index (χ4n) is 4.51. The lowest BCUT2D eigenvalue weighted by atomic mass is 9.91. The number of hydrogen-bond acceptors (Lipinski definition) is 3. The number of aliphatic carboxylic acids is 1. The molecule has 0 aromatic heterocycles. The number of carbonyl (C=O) groups excluding carboxylic acids is 1. The Labute approximate surface area is 194 Å². The van der Waals surface area contributed by atoms with Crippen LogP contribution < -0.4 is 4.74 Å². The van der Waals surface area contributed by atoms with Crippen LogP contribution in [0.3, 0.4) is 0 Å². The molecule has 1 heterocycles. The molecule has 0 spiro atoms. The van der Waals surface area contributed by atoms with E-state index in [-0.39, 0.29) is 18.1 Å². The largest absolute Gasteiger partial charge is 0.487 e. The van der Waals surface area contributed by atoms with Crippen LogP contribution in [0.1, 0.15) is 39.5 Å². The van der Waals surface area contributed by atoms with E-state index < -0.39 is 5.97 Å². The Balaban J connectivity index is 1.48. The van der Waals surface area contributed by atoms with Gasteiger partial charge in [-0.15, -0.1) is 0 Å². The van der Waals surface area contributed by atoms with Gasteiger partial charge in [0.1, 0.15) is 17.9 Å². The molecule has 0 radical (unpaired) electrons. The number of ether oxygens (including phenoxy) is 1. The molecule has 1 aliphatic rings. The van der Waals surface area contributed by atoms with E-state index in [0.29, 0.717) is 24.9 Å². The lowest BCUT2D eigenvalue weighted by Crippen LogP contribution is -2.37. The Bertz CT molecular complexity index is 1160. The molecule has 0 fully saturated rings. The summed E-state index contributed by atoms with van der Waals surface area (Å²) in [5, 5.41) is 9.37. The van der Waals surface area contributed by atoms with E-state index in [4.69, 9.17) is 4.74 Å². The van der Waals surface area contributed by atoms with Crippen molar-refractivity contribution in [2.45, 2.75) is 38.7 Å². The molecule has 1 atom stereocenters. The Morgan fingerprint density at radius 1 is 1.00 bits per heavy atom. The zero-order chi connectivity index (χ0) is 23.4. The van der Waals surface area contributed by atoms with Crippen LogP contribution in [0.4, 0.5) is 0 Å². The average Bonchev–Trinajstić information content (AvgIpc) is 3.11. The standard InChI is InChI=1S/C28H29NO4/c1-20-7-6-10-21(15-20)13-14-29(19-26(30)31)27(32)23-11-12-25-24(16-23)18-28(2,33-25)17-22-8-4-3-5-9-22/h3-12,15-16H,13-14,17-19H2,1-2H3,(H,30,31)/t28-/m1/s1. The Morgan fingerprint density at radius 2 is 1.76 bits per heavy atom. The number of benzene rings is 3. The summed E-state index contributed by atoms with van der Waals surface area (Å²) in [5.41, 5.74) is 4.52. The topological polar surface area (TPSA) is 66.8 Å². The van der Waals surface area contributed by atoms with E-state index in [1.54, 1.807) is 6.07 Å². The van der Waals surface area contributed by atoms with Gasteiger partial charge in [-0.25, -0.2) is 0 Å². The first kappa shape index (κ1) is 22.6. The molecule has 0 saturated carbocycles. The number of carboxylic acids is 1. The average molecular weight is 444 g/mol. The van der Waals surface area contributed by atoms with Crippen LogP contribution >= 0.6 is 0 Å². The molecule has 1 aliphatic heterocycles. The quantitative estimate of drug-likeness (QED) is 0.548. The molecule has 1 amide bonds. The fourth-order valence-corrected chi connectivity index (χ4v) is 4.51. The summed E-state index contributed by atoms with van der Waals surface area (Å²) in [6.45, 7) is 4.11. The second kappa shape index (κ2) is 9.49. The minimum atomic E-state index is -1.02. The first-order valence-electron chi connectivity index (χ1n) is 11.2. The van der Waals surface area contributed by atoms with Gasteiger partial charge in [0, 0.05) is 24.9 Å². The SMILES string of the molecule is Cc1cccc(CCN(CC(=O)O)C(=O)c2ccc3c(c2)C[C@@](C)(Cc2ccccc2)O3)c1. The van der Waals surface area contributed by atoms with Crippen molar-refractivity contribution >= 4 is 11.9 Å². The summed E-state index contributed by atoms with van der Waals surface area (Å²) in [7, 11) is 0. The molecule has 0 saturated heterocycles. The van der Waals surface area contributed by atoms with Crippen molar-refractivity contribution in [3.05, 3.63) is 101 Å². The third-order valence-corrected chi connectivity index (χ3v) is 6.02. The van der Waals surface area contributed by atoms with Crippen molar-refractivity contribution in [3.63, 3.8) is 0 Å². The van der Waals surface area contributed by atoms with E-state index >= 15 is 0 Å². The summed E-state index contributed by atoms with van der Waals surface area (Å²) in [5.74, 6) is -0.508. The molecular weight excluding hydrogens is 414 g/mol. The van der Waals surface area contributed by atoms with Crippen molar-refractivity contribution in [1.82, 2.24) is 4.90 Å². The molecule has 1 N–H and O–H groups in total. The number of hydrogen-bond donors (Lipinski definition) is 1. The Kier molecular flexibility index (Phi) is 6.50. The zero-order valence-electron chi connectivity index (χ0n) is 19.1. The lowest BCUT2D eigenvalue weighted by Gasteiger charge is -2.24. The molecule has 3 aromatic carbocycles. The monoisotopic (exact) mass is 443 g/mol. The number of carboxylic acid groups (broad SMARTS) is 1. The molecule has 0 aliphatic carbocycles. The van der Waals surface area contributed by atoms with Crippen molar-refractivity contribution < 1.29 is 19.4 Å². The molecule has 0 unspecified atom stereocenters. The summed E-state index contributed by atoms with van der Waals surface area (Å²) in [6, 6.07) is 23.7. The maximum absolute atomic E-state index is 13.2. The van der Waals surface area contributed by atoms with E-state index in [0.717, 1.165) is 28.9 Å². The van der Waals surface area contributed by atoms with Crippen LogP contribution in [0.15, 0.2) is 72.8 Å². The molecular formula is C28H29NO4. The highest BCUT2D eigenvalue weighted by Gasteiger charge is 2.35. The number of rotatable bonds is 8. The van der Waals surface area contributed by atoms with Gasteiger partial charge in [0.25, 0.3) is 5.91 Å². The molecule has 3 aromatic rings. The number of amides is 1. The third kappa shape index (κ3) is 5.61. The summed E-state index contributed by atoms with van der Waals surface area (Å²) in [4.78, 5) is 26.1. The minimum absolute atomic E-state index is 0.274. The van der Waals surface area contributed by atoms with E-state index in [9.17, 15) is 14.7 Å². The highest BCUT2D eigenvalue weighted by Crippen LogP contribution is 2.37. The third-order valence-electron chi connectivity index (χ3n) is 6.02. The molecule has 0 bridgehead atoms. The van der Waals surface area contributed by atoms with Gasteiger partial charge in [0.15, 0.2) is 0 Å². The van der Waals surface area contributed by atoms with Crippen molar-refractivity contribution in [2.24, 2.45) is 0 Å². The summed E-state index contributed by atoms with van der Waals surface area (Å²) in [6.07, 6.45) is 2.07. The van der Waals surface area contributed by atoms with Gasteiger partial charge in [0.2, 0.25) is 0 Å². The van der Waals surface area contributed by atoms with Gasteiger partial charge in [-0.3, -0.25) is 9.59 Å². The van der Waals surface area contributed by atoms with Crippen molar-refractivity contribution in [1.29, 1.82) is 0 Å². The zero-order valence-corrected chi connectivity index (χ0v) is 19.1. The Morgan fingerprint density at radius 3 is 2.48 bits per heavy atom. The number of aryl methyl sites for hydroxylation is 1. The Hall–Kier alpha value is -3.60. The lowest BCUT2D eigenvalue weighted by molar-refractivity contribution is -0.137. The maximum atomic E-state index is 13.2. The van der Waals surface area contributed by atoms with Gasteiger partial charge in [-0.1, -0.05) is 60.2 Å². The first-order valence-corrected chi connectivity index (χ1v) is 11.2. The minimum Gasteiger partial charge on any atom is -0.487 e. The van der Waals surface area contributed by atoms with Crippen LogP contribution in [0.2, 0.25) is 0 Å². The van der Waals surface area contributed by atoms with Gasteiger partial charge < -0.3 is 14.7 Å². The highest BCUT2D eigenvalue weighted by atomic mass is 16.5. The van der Waals surface area contributed by atoms with Crippen molar-refractivity contribution in [3.8, 4) is 5.75 Å². The number of nitrogens with zero attached hydrogens (tertiary/aromatic N) is 1. The van der Waals surface area contributed by atoms with Crippen LogP contribution in [0, 0.1) is 6.92 Å². The molecule has 5 nitrogen and oxygen atoms in total. The maximum Gasteiger partial charge on any atom is 0.323 e. The second-order valence-electron chi connectivity index (χ2n) is 9.07. The molecule has 170 valence electrons. The number of fused-ring (bicyclic) bond motifs is 1. The second-order valence-corrected chi connectivity index (χ2v) is 9.07. The van der Waals surface area contributed by atoms with Gasteiger partial charge >= 0.3 is 5.97 Å². The van der Waals surface area contributed by atoms with E-state index in [2.05, 4.69) is 25.1 Å². The van der Waals surface area contributed by atoms with Gasteiger partial charge in [-0.05, 0) is 55.2 Å². The van der Waals surface area contributed by atoms with Crippen LogP contribution in [0.5, 0.6) is 5.75 Å². The van der Waals surface area contributed by atoms with Crippen LogP contribution in [-0.4, -0.2) is 40.6 Å².